The Balaban J connectivity index is 1.39. The summed E-state index contributed by atoms with van der Waals surface area (Å²) < 4.78 is 14.7. The van der Waals surface area contributed by atoms with Crippen molar-refractivity contribution in [2.45, 2.75) is 13.5 Å². The van der Waals surface area contributed by atoms with Crippen molar-refractivity contribution >= 4 is 33.9 Å². The van der Waals surface area contributed by atoms with E-state index >= 15 is 0 Å². The third-order valence-corrected chi connectivity index (χ3v) is 6.58. The Kier molecular flexibility index (Phi) is 5.66. The van der Waals surface area contributed by atoms with Crippen molar-refractivity contribution in [3.63, 3.8) is 0 Å². The number of methoxy groups -OCH3 is 1. The van der Waals surface area contributed by atoms with Gasteiger partial charge in [-0.25, -0.2) is 29.9 Å². The summed E-state index contributed by atoms with van der Waals surface area (Å²) in [6.45, 7) is 2.53. The first kappa shape index (κ1) is 23.5. The van der Waals surface area contributed by atoms with E-state index < -0.39 is 0 Å². The van der Waals surface area contributed by atoms with Crippen LogP contribution >= 0.6 is 0 Å². The van der Waals surface area contributed by atoms with Gasteiger partial charge in [-0.05, 0) is 48.9 Å². The van der Waals surface area contributed by atoms with Gasteiger partial charge < -0.3 is 13.7 Å². The van der Waals surface area contributed by atoms with Gasteiger partial charge in [-0.15, -0.1) is 0 Å². The van der Waals surface area contributed by atoms with Gasteiger partial charge in [0.15, 0.2) is 22.8 Å². The average molecular weight is 530 g/mol. The number of nitrogens with one attached hydrogen (secondary N) is 1. The number of hydrogen-bond acceptors (Lipinski definition) is 9. The van der Waals surface area contributed by atoms with Crippen LogP contribution in [0.2, 0.25) is 0 Å². The van der Waals surface area contributed by atoms with Gasteiger partial charge in [0, 0.05) is 23.5 Å². The average Bonchev–Trinajstić information content (AvgIpc) is 3.74. The molecule has 0 spiro atoms. The monoisotopic (exact) mass is 529 g/mol. The second-order valence-electron chi connectivity index (χ2n) is 9.17. The largest absolute Gasteiger partial charge is 0.497 e. The molecule has 40 heavy (non-hydrogen) atoms. The number of oxazole rings is 1. The molecule has 11 nitrogen and oxygen atoms in total. The quantitative estimate of drug-likeness (QED) is 0.292. The maximum Gasteiger partial charge on any atom is 0.300 e. The molecule has 7 aromatic rings. The minimum absolute atomic E-state index is 0.363. The summed E-state index contributed by atoms with van der Waals surface area (Å²) >= 11 is 0. The van der Waals surface area contributed by atoms with Crippen LogP contribution < -0.4 is 10.1 Å². The van der Waals surface area contributed by atoms with E-state index in [1.54, 1.807) is 25.8 Å². The molecule has 1 aromatic carbocycles. The van der Waals surface area contributed by atoms with E-state index in [2.05, 4.69) is 15.3 Å². The van der Waals surface area contributed by atoms with E-state index in [9.17, 15) is 0 Å². The molecule has 0 saturated heterocycles. The molecule has 11 heteroatoms. The topological polar surface area (TPSA) is 122 Å². The van der Waals surface area contributed by atoms with E-state index in [-0.39, 0.29) is 0 Å². The number of imidazole rings is 1. The number of benzene rings is 1. The molecule has 7 rings (SSSR count). The summed E-state index contributed by atoms with van der Waals surface area (Å²) in [5, 5.41) is 4.01. The van der Waals surface area contributed by atoms with Gasteiger partial charge in [0.2, 0.25) is 0 Å². The van der Waals surface area contributed by atoms with Crippen molar-refractivity contribution in [1.82, 2.24) is 39.0 Å². The minimum Gasteiger partial charge on any atom is -0.497 e. The maximum absolute atomic E-state index is 5.36. The van der Waals surface area contributed by atoms with Crippen LogP contribution in [0.5, 0.6) is 5.75 Å². The van der Waals surface area contributed by atoms with Crippen LogP contribution in [0.3, 0.4) is 0 Å². The van der Waals surface area contributed by atoms with Crippen LogP contribution in [-0.2, 0) is 6.54 Å². The summed E-state index contributed by atoms with van der Waals surface area (Å²) in [7, 11) is 1.66. The van der Waals surface area contributed by atoms with Crippen molar-refractivity contribution in [1.29, 1.82) is 0 Å². The smallest absolute Gasteiger partial charge is 0.300 e. The van der Waals surface area contributed by atoms with Crippen molar-refractivity contribution in [3.05, 3.63) is 97.0 Å². The highest BCUT2D eigenvalue weighted by Gasteiger charge is 2.19. The summed E-state index contributed by atoms with van der Waals surface area (Å²) in [4.78, 5) is 28.0. The normalized spacial score (nSPS) is 11.3. The van der Waals surface area contributed by atoms with E-state index in [1.807, 2.05) is 76.9 Å². The van der Waals surface area contributed by atoms with Crippen LogP contribution in [0.4, 0.5) is 11.8 Å². The number of hydrogen-bond donors (Lipinski definition) is 1. The highest BCUT2D eigenvalue weighted by atomic mass is 16.5. The number of aromatic nitrogens is 8. The molecule has 6 aromatic heterocycles. The molecule has 0 aliphatic carbocycles. The molecule has 0 aliphatic heterocycles. The summed E-state index contributed by atoms with van der Waals surface area (Å²) in [5.74, 6) is 2.58. The van der Waals surface area contributed by atoms with E-state index in [1.165, 1.54) is 6.26 Å². The molecule has 0 unspecified atom stereocenters. The lowest BCUT2D eigenvalue weighted by molar-refractivity contribution is 0.414. The molecule has 0 bridgehead atoms. The SMILES string of the molecule is COc1ccc(Cn2cnc3c(-n4ccc5c(Nc6ncco6)nccc54)nc(-c4cccc(C)n4)nc32)cc1. The lowest BCUT2D eigenvalue weighted by Gasteiger charge is -2.11. The second kappa shape index (κ2) is 9.62. The fourth-order valence-electron chi connectivity index (χ4n) is 4.66. The summed E-state index contributed by atoms with van der Waals surface area (Å²) in [6.07, 6.45) is 8.56. The Labute approximate surface area is 228 Å². The summed E-state index contributed by atoms with van der Waals surface area (Å²) in [6, 6.07) is 18.0. The lowest BCUT2D eigenvalue weighted by atomic mass is 10.2. The van der Waals surface area contributed by atoms with Gasteiger partial charge in [-0.3, -0.25) is 9.88 Å². The fourth-order valence-corrected chi connectivity index (χ4v) is 4.66. The van der Waals surface area contributed by atoms with Gasteiger partial charge in [0.25, 0.3) is 6.01 Å². The molecule has 0 radical (unpaired) electrons. The zero-order valence-corrected chi connectivity index (χ0v) is 21.7. The minimum atomic E-state index is 0.363. The van der Waals surface area contributed by atoms with Crippen LogP contribution in [-0.4, -0.2) is 46.1 Å². The summed E-state index contributed by atoms with van der Waals surface area (Å²) in [5.41, 5.74) is 4.92. The third-order valence-electron chi connectivity index (χ3n) is 6.58. The number of ether oxygens (including phenoxy) is 1. The molecule has 6 heterocycles. The van der Waals surface area contributed by atoms with E-state index in [0.29, 0.717) is 46.9 Å². The van der Waals surface area contributed by atoms with Gasteiger partial charge in [-0.2, -0.15) is 0 Å². The van der Waals surface area contributed by atoms with Gasteiger partial charge in [0.05, 0.1) is 31.7 Å². The van der Waals surface area contributed by atoms with Crippen LogP contribution in [0.1, 0.15) is 11.3 Å². The number of aryl methyl sites for hydroxylation is 1. The molecule has 1 N–H and O–H groups in total. The molecule has 0 saturated carbocycles. The molecular weight excluding hydrogens is 506 g/mol. The molecule has 0 atom stereocenters. The standard InChI is InChI=1S/C29H23N9O2/c1-18-4-3-5-22(33-18)26-34-27-24(32-17-37(27)16-19-6-8-20(39-2)9-7-19)28(35-26)38-14-11-21-23(38)10-12-30-25(21)36-29-31-13-15-40-29/h3-15,17H,16H2,1-2H3,(H,30,31,36). The molecule has 196 valence electrons. The maximum atomic E-state index is 5.36. The Morgan fingerprint density at radius 1 is 0.925 bits per heavy atom. The Morgan fingerprint density at radius 3 is 2.62 bits per heavy atom. The first-order chi connectivity index (χ1) is 19.7. The van der Waals surface area contributed by atoms with Crippen molar-refractivity contribution in [2.24, 2.45) is 0 Å². The third kappa shape index (κ3) is 4.19. The predicted octanol–water partition coefficient (Wildman–Crippen LogP) is 5.32. The van der Waals surface area contributed by atoms with E-state index in [4.69, 9.17) is 29.1 Å². The van der Waals surface area contributed by atoms with Crippen molar-refractivity contribution < 1.29 is 9.15 Å². The van der Waals surface area contributed by atoms with Gasteiger partial charge in [-0.1, -0.05) is 18.2 Å². The fraction of sp³-hybridized carbons (Fsp3) is 0.103. The Morgan fingerprint density at radius 2 is 1.82 bits per heavy atom. The highest BCUT2D eigenvalue weighted by Crippen LogP contribution is 2.30. The highest BCUT2D eigenvalue weighted by molar-refractivity contribution is 5.94. The number of fused-ring (bicyclic) bond motifs is 2. The van der Waals surface area contributed by atoms with Crippen LogP contribution in [0.25, 0.3) is 39.4 Å². The van der Waals surface area contributed by atoms with Crippen molar-refractivity contribution in [2.75, 3.05) is 12.4 Å². The molecule has 0 aliphatic rings. The van der Waals surface area contributed by atoms with Gasteiger partial charge >= 0.3 is 0 Å². The van der Waals surface area contributed by atoms with Gasteiger partial charge in [0.1, 0.15) is 23.5 Å². The first-order valence-corrected chi connectivity index (χ1v) is 12.6. The van der Waals surface area contributed by atoms with E-state index in [0.717, 1.165) is 27.9 Å². The Hall–Kier alpha value is -5.58. The molecule has 0 amide bonds. The van der Waals surface area contributed by atoms with Crippen molar-refractivity contribution in [3.8, 4) is 23.1 Å². The number of nitrogens with zero attached hydrogens (tertiary/aromatic N) is 8. The zero-order valence-electron chi connectivity index (χ0n) is 21.7. The molecular formula is C29H23N9O2. The molecule has 0 fully saturated rings. The first-order valence-electron chi connectivity index (χ1n) is 12.6. The predicted molar refractivity (Wildman–Crippen MR) is 150 cm³/mol. The number of pyridine rings is 2. The Bertz CT molecular complexity index is 1960. The van der Waals surface area contributed by atoms with Crippen LogP contribution in [0.15, 0.2) is 90.2 Å². The number of anilines is 2. The zero-order chi connectivity index (χ0) is 27.1. The lowest BCUT2D eigenvalue weighted by Crippen LogP contribution is -2.05. The number of rotatable bonds is 7. The second-order valence-corrected chi connectivity index (χ2v) is 9.17. The van der Waals surface area contributed by atoms with Crippen LogP contribution in [0, 0.1) is 6.92 Å².